The Morgan fingerprint density at radius 2 is 2.27 bits per heavy atom. The Kier molecular flexibility index (Phi) is 3.38. The molecule has 0 bridgehead atoms. The van der Waals surface area contributed by atoms with Gasteiger partial charge in [-0.15, -0.1) is 0 Å². The predicted molar refractivity (Wildman–Crippen MR) is 60.0 cm³/mol. The second kappa shape index (κ2) is 4.77. The summed E-state index contributed by atoms with van der Waals surface area (Å²) in [7, 11) is 0. The summed E-state index contributed by atoms with van der Waals surface area (Å²) in [5.41, 5.74) is 0.692. The van der Waals surface area contributed by atoms with Gasteiger partial charge in [0.05, 0.1) is 12.1 Å². The Balaban J connectivity index is 1.93. The highest BCUT2D eigenvalue weighted by Crippen LogP contribution is 2.19. The minimum absolute atomic E-state index is 0.0638. The van der Waals surface area contributed by atoms with Crippen LogP contribution in [0.5, 0.6) is 0 Å². The summed E-state index contributed by atoms with van der Waals surface area (Å²) in [5.74, 6) is -0.0674. The molecular weight excluding hydrogens is 210 g/mol. The third-order valence-electron chi connectivity index (χ3n) is 2.83. The van der Waals surface area contributed by atoms with Crippen LogP contribution in [0, 0.1) is 0 Å². The number of aliphatic hydroxyl groups is 1. The minimum atomic E-state index is -0.374. The van der Waals surface area contributed by atoms with Gasteiger partial charge >= 0.3 is 0 Å². The van der Waals surface area contributed by atoms with Crippen LogP contribution >= 0.6 is 11.3 Å². The van der Waals surface area contributed by atoms with E-state index in [0.717, 1.165) is 25.7 Å². The topological polar surface area (TPSA) is 49.3 Å². The largest absolute Gasteiger partial charge is 0.391 e. The van der Waals surface area contributed by atoms with Crippen molar-refractivity contribution in [2.45, 2.75) is 37.8 Å². The van der Waals surface area contributed by atoms with Crippen LogP contribution < -0.4 is 5.32 Å². The predicted octanol–water partition coefficient (Wildman–Crippen LogP) is 1.78. The van der Waals surface area contributed by atoms with Gasteiger partial charge in [0.25, 0.3) is 5.91 Å². The van der Waals surface area contributed by atoms with Crippen molar-refractivity contribution in [3.8, 4) is 0 Å². The van der Waals surface area contributed by atoms with Crippen molar-refractivity contribution < 1.29 is 9.90 Å². The van der Waals surface area contributed by atoms with E-state index in [1.54, 1.807) is 6.07 Å². The molecule has 2 N–H and O–H groups in total. The van der Waals surface area contributed by atoms with Crippen LogP contribution in [0.2, 0.25) is 0 Å². The maximum absolute atomic E-state index is 11.7. The molecule has 0 saturated heterocycles. The first-order valence-electron chi connectivity index (χ1n) is 5.28. The fourth-order valence-electron chi connectivity index (χ4n) is 1.93. The number of amides is 1. The Bertz CT molecular complexity index is 323. The van der Waals surface area contributed by atoms with E-state index in [0.29, 0.717) is 5.56 Å². The molecule has 1 amide bonds. The van der Waals surface area contributed by atoms with Gasteiger partial charge in [-0.1, -0.05) is 12.8 Å². The molecule has 1 aliphatic rings. The number of nitrogens with one attached hydrogen (secondary N) is 1. The van der Waals surface area contributed by atoms with E-state index in [4.69, 9.17) is 0 Å². The van der Waals surface area contributed by atoms with Crippen molar-refractivity contribution in [2.75, 3.05) is 0 Å². The molecule has 1 aliphatic carbocycles. The van der Waals surface area contributed by atoms with Gasteiger partial charge < -0.3 is 10.4 Å². The van der Waals surface area contributed by atoms with E-state index >= 15 is 0 Å². The van der Waals surface area contributed by atoms with Crippen LogP contribution in [-0.4, -0.2) is 23.2 Å². The number of carbonyl (C=O) groups excluding carboxylic acids is 1. The molecule has 2 atom stereocenters. The molecule has 0 aliphatic heterocycles. The highest BCUT2D eigenvalue weighted by molar-refractivity contribution is 7.08. The Morgan fingerprint density at radius 3 is 2.93 bits per heavy atom. The minimum Gasteiger partial charge on any atom is -0.391 e. The monoisotopic (exact) mass is 225 g/mol. The van der Waals surface area contributed by atoms with Crippen molar-refractivity contribution in [1.29, 1.82) is 0 Å². The SMILES string of the molecule is O=C(N[C@@H]1CCCC[C@H]1O)c1ccsc1. The van der Waals surface area contributed by atoms with Gasteiger partial charge in [0.2, 0.25) is 0 Å². The number of hydrogen-bond acceptors (Lipinski definition) is 3. The quantitative estimate of drug-likeness (QED) is 0.806. The number of thiophene rings is 1. The van der Waals surface area contributed by atoms with Crippen LogP contribution in [0.15, 0.2) is 16.8 Å². The van der Waals surface area contributed by atoms with E-state index in [2.05, 4.69) is 5.32 Å². The normalized spacial score (nSPS) is 26.2. The van der Waals surface area contributed by atoms with E-state index < -0.39 is 0 Å². The summed E-state index contributed by atoms with van der Waals surface area (Å²) in [6.07, 6.45) is 3.46. The van der Waals surface area contributed by atoms with Gasteiger partial charge in [-0.3, -0.25) is 4.79 Å². The molecule has 3 nitrogen and oxygen atoms in total. The lowest BCUT2D eigenvalue weighted by Crippen LogP contribution is -2.44. The lowest BCUT2D eigenvalue weighted by molar-refractivity contribution is 0.0717. The Labute approximate surface area is 93.1 Å². The second-order valence-corrected chi connectivity index (χ2v) is 4.72. The maximum atomic E-state index is 11.7. The van der Waals surface area contributed by atoms with Gasteiger partial charge in [0, 0.05) is 10.9 Å². The molecule has 2 rings (SSSR count). The highest BCUT2D eigenvalue weighted by atomic mass is 32.1. The molecule has 0 spiro atoms. The van der Waals surface area contributed by atoms with Crippen molar-refractivity contribution in [3.63, 3.8) is 0 Å². The van der Waals surface area contributed by atoms with Crippen LogP contribution in [-0.2, 0) is 0 Å². The Morgan fingerprint density at radius 1 is 1.47 bits per heavy atom. The molecule has 1 aromatic rings. The molecule has 15 heavy (non-hydrogen) atoms. The highest BCUT2D eigenvalue weighted by Gasteiger charge is 2.24. The van der Waals surface area contributed by atoms with Gasteiger partial charge in [-0.2, -0.15) is 11.3 Å². The first kappa shape index (κ1) is 10.6. The van der Waals surface area contributed by atoms with E-state index in [1.165, 1.54) is 11.3 Å². The van der Waals surface area contributed by atoms with Crippen molar-refractivity contribution >= 4 is 17.2 Å². The standard InChI is InChI=1S/C11H15NO2S/c13-10-4-2-1-3-9(10)12-11(14)8-5-6-15-7-8/h5-7,9-10,13H,1-4H2,(H,12,14)/t9-,10-/m1/s1. The molecule has 0 unspecified atom stereocenters. The number of hydrogen-bond donors (Lipinski definition) is 2. The van der Waals surface area contributed by atoms with Crippen molar-refractivity contribution in [1.82, 2.24) is 5.32 Å². The third-order valence-corrected chi connectivity index (χ3v) is 3.51. The van der Waals surface area contributed by atoms with E-state index in [1.807, 2.05) is 10.8 Å². The molecule has 1 aromatic heterocycles. The summed E-state index contributed by atoms with van der Waals surface area (Å²) in [6, 6.07) is 1.74. The van der Waals surface area contributed by atoms with Crippen LogP contribution in [0.25, 0.3) is 0 Å². The van der Waals surface area contributed by atoms with Gasteiger partial charge in [-0.25, -0.2) is 0 Å². The number of carbonyl (C=O) groups is 1. The lowest BCUT2D eigenvalue weighted by Gasteiger charge is -2.28. The summed E-state index contributed by atoms with van der Waals surface area (Å²) < 4.78 is 0. The molecule has 0 aromatic carbocycles. The zero-order valence-electron chi connectivity index (χ0n) is 8.48. The zero-order chi connectivity index (χ0) is 10.7. The fraction of sp³-hybridized carbons (Fsp3) is 0.545. The first-order valence-corrected chi connectivity index (χ1v) is 6.23. The van der Waals surface area contributed by atoms with Crippen LogP contribution in [0.1, 0.15) is 36.0 Å². The van der Waals surface area contributed by atoms with E-state index in [9.17, 15) is 9.90 Å². The van der Waals surface area contributed by atoms with Crippen LogP contribution in [0.4, 0.5) is 0 Å². The summed E-state index contributed by atoms with van der Waals surface area (Å²) in [6.45, 7) is 0. The maximum Gasteiger partial charge on any atom is 0.252 e. The average molecular weight is 225 g/mol. The molecule has 0 radical (unpaired) electrons. The molecular formula is C11H15NO2S. The van der Waals surface area contributed by atoms with Gasteiger partial charge in [-0.05, 0) is 24.3 Å². The summed E-state index contributed by atoms with van der Waals surface area (Å²) in [4.78, 5) is 11.7. The molecule has 1 saturated carbocycles. The third kappa shape index (κ3) is 2.58. The first-order chi connectivity index (χ1) is 7.27. The second-order valence-electron chi connectivity index (χ2n) is 3.94. The zero-order valence-corrected chi connectivity index (χ0v) is 9.30. The molecule has 4 heteroatoms. The fourth-order valence-corrected chi connectivity index (χ4v) is 2.56. The Hall–Kier alpha value is -0.870. The molecule has 1 heterocycles. The number of rotatable bonds is 2. The van der Waals surface area contributed by atoms with Gasteiger partial charge in [0.1, 0.15) is 0 Å². The summed E-state index contributed by atoms with van der Waals surface area (Å²) in [5, 5.41) is 16.3. The van der Waals surface area contributed by atoms with E-state index in [-0.39, 0.29) is 18.1 Å². The average Bonchev–Trinajstić information content (AvgIpc) is 2.74. The van der Waals surface area contributed by atoms with Crippen molar-refractivity contribution in [2.24, 2.45) is 0 Å². The molecule has 1 fully saturated rings. The summed E-state index contributed by atoms with van der Waals surface area (Å²) >= 11 is 1.51. The smallest absolute Gasteiger partial charge is 0.252 e. The molecule has 82 valence electrons. The number of aliphatic hydroxyl groups excluding tert-OH is 1. The van der Waals surface area contributed by atoms with Gasteiger partial charge in [0.15, 0.2) is 0 Å². The van der Waals surface area contributed by atoms with Crippen LogP contribution in [0.3, 0.4) is 0 Å². The lowest BCUT2D eigenvalue weighted by atomic mass is 9.92. The van der Waals surface area contributed by atoms with Crippen molar-refractivity contribution in [3.05, 3.63) is 22.4 Å².